The highest BCUT2D eigenvalue weighted by Crippen LogP contribution is 2.10. The van der Waals surface area contributed by atoms with Crippen LogP contribution in [0.1, 0.15) is 31.7 Å². The standard InChI is InChI=1S/C12H17N3O2/c1-2-3-4-11(16)14-10-7-5-9(6-8-10)12(13)15-17/h5-8,17H,2-4H2,1H3,(H2,13,15)(H,14,16). The van der Waals surface area contributed by atoms with Crippen LogP contribution in [0.15, 0.2) is 29.4 Å². The van der Waals surface area contributed by atoms with E-state index in [0.29, 0.717) is 17.7 Å². The van der Waals surface area contributed by atoms with E-state index >= 15 is 0 Å². The van der Waals surface area contributed by atoms with Crippen LogP contribution in [-0.2, 0) is 4.79 Å². The molecule has 0 radical (unpaired) electrons. The topological polar surface area (TPSA) is 87.7 Å². The van der Waals surface area contributed by atoms with Gasteiger partial charge in [0, 0.05) is 17.7 Å². The molecule has 17 heavy (non-hydrogen) atoms. The summed E-state index contributed by atoms with van der Waals surface area (Å²) in [7, 11) is 0. The maximum Gasteiger partial charge on any atom is 0.224 e. The predicted octanol–water partition coefficient (Wildman–Crippen LogP) is 1.91. The number of benzene rings is 1. The molecule has 0 aliphatic carbocycles. The Morgan fingerprint density at radius 2 is 2.06 bits per heavy atom. The summed E-state index contributed by atoms with van der Waals surface area (Å²) in [6.07, 6.45) is 2.41. The second-order valence-corrected chi connectivity index (χ2v) is 3.71. The lowest BCUT2D eigenvalue weighted by atomic mass is 10.2. The fraction of sp³-hybridized carbons (Fsp3) is 0.333. The fourth-order valence-corrected chi connectivity index (χ4v) is 1.34. The summed E-state index contributed by atoms with van der Waals surface area (Å²) in [5.74, 6) is 0.0530. The maximum atomic E-state index is 11.4. The van der Waals surface area contributed by atoms with Crippen LogP contribution >= 0.6 is 0 Å². The van der Waals surface area contributed by atoms with Crippen molar-refractivity contribution in [1.82, 2.24) is 0 Å². The van der Waals surface area contributed by atoms with Gasteiger partial charge >= 0.3 is 0 Å². The number of nitrogens with zero attached hydrogens (tertiary/aromatic N) is 1. The van der Waals surface area contributed by atoms with Gasteiger partial charge in [-0.3, -0.25) is 4.79 Å². The minimum atomic E-state index is 0.00315. The minimum Gasteiger partial charge on any atom is -0.409 e. The molecule has 0 saturated carbocycles. The number of carbonyl (C=O) groups excluding carboxylic acids is 1. The number of nitrogens with two attached hydrogens (primary N) is 1. The van der Waals surface area contributed by atoms with Crippen LogP contribution in [0.2, 0.25) is 0 Å². The van der Waals surface area contributed by atoms with E-state index in [1.807, 2.05) is 6.92 Å². The minimum absolute atomic E-state index is 0.00315. The molecular weight excluding hydrogens is 218 g/mol. The molecule has 1 rings (SSSR count). The van der Waals surface area contributed by atoms with Gasteiger partial charge in [0.15, 0.2) is 5.84 Å². The van der Waals surface area contributed by atoms with Gasteiger partial charge in [0.25, 0.3) is 0 Å². The van der Waals surface area contributed by atoms with Crippen molar-refractivity contribution in [2.45, 2.75) is 26.2 Å². The summed E-state index contributed by atoms with van der Waals surface area (Å²) in [5, 5.41) is 14.2. The molecule has 0 bridgehead atoms. The lowest BCUT2D eigenvalue weighted by molar-refractivity contribution is -0.116. The van der Waals surface area contributed by atoms with Gasteiger partial charge < -0.3 is 16.3 Å². The number of carbonyl (C=O) groups is 1. The van der Waals surface area contributed by atoms with E-state index in [-0.39, 0.29) is 11.7 Å². The van der Waals surface area contributed by atoms with Crippen molar-refractivity contribution in [2.75, 3.05) is 5.32 Å². The first kappa shape index (κ1) is 13.0. The normalized spacial score (nSPS) is 11.2. The highest BCUT2D eigenvalue weighted by molar-refractivity contribution is 5.98. The monoisotopic (exact) mass is 235 g/mol. The van der Waals surface area contributed by atoms with Gasteiger partial charge in [-0.1, -0.05) is 18.5 Å². The zero-order valence-corrected chi connectivity index (χ0v) is 9.81. The lowest BCUT2D eigenvalue weighted by Gasteiger charge is -2.05. The number of anilines is 1. The summed E-state index contributed by atoms with van der Waals surface area (Å²) in [5.41, 5.74) is 6.74. The van der Waals surface area contributed by atoms with Crippen LogP contribution in [-0.4, -0.2) is 17.0 Å². The molecule has 0 atom stereocenters. The number of unbranched alkanes of at least 4 members (excludes halogenated alkanes) is 1. The lowest BCUT2D eigenvalue weighted by Crippen LogP contribution is -2.14. The molecule has 0 aromatic heterocycles. The van der Waals surface area contributed by atoms with E-state index in [1.165, 1.54) is 0 Å². The van der Waals surface area contributed by atoms with Crippen LogP contribution in [0.25, 0.3) is 0 Å². The van der Waals surface area contributed by atoms with E-state index in [4.69, 9.17) is 10.9 Å². The third-order valence-corrected chi connectivity index (χ3v) is 2.33. The van der Waals surface area contributed by atoms with Crippen molar-refractivity contribution in [3.05, 3.63) is 29.8 Å². The first-order valence-corrected chi connectivity index (χ1v) is 5.55. The summed E-state index contributed by atoms with van der Waals surface area (Å²) < 4.78 is 0. The molecular formula is C12H17N3O2. The first-order chi connectivity index (χ1) is 8.17. The average molecular weight is 235 g/mol. The Morgan fingerprint density at radius 3 is 2.59 bits per heavy atom. The van der Waals surface area contributed by atoms with Gasteiger partial charge in [0.05, 0.1) is 0 Å². The van der Waals surface area contributed by atoms with Crippen molar-refractivity contribution < 1.29 is 10.0 Å². The molecule has 4 N–H and O–H groups in total. The predicted molar refractivity (Wildman–Crippen MR) is 67.1 cm³/mol. The van der Waals surface area contributed by atoms with Crippen LogP contribution < -0.4 is 11.1 Å². The number of hydrogen-bond acceptors (Lipinski definition) is 3. The Kier molecular flexibility index (Phi) is 5.00. The van der Waals surface area contributed by atoms with Gasteiger partial charge in [-0.05, 0) is 30.7 Å². The first-order valence-electron chi connectivity index (χ1n) is 5.55. The quantitative estimate of drug-likeness (QED) is 0.315. The van der Waals surface area contributed by atoms with E-state index in [2.05, 4.69) is 10.5 Å². The van der Waals surface area contributed by atoms with Crippen molar-refractivity contribution >= 4 is 17.4 Å². The molecule has 0 unspecified atom stereocenters. The van der Waals surface area contributed by atoms with E-state index in [9.17, 15) is 4.79 Å². The fourth-order valence-electron chi connectivity index (χ4n) is 1.34. The van der Waals surface area contributed by atoms with Gasteiger partial charge in [-0.2, -0.15) is 0 Å². The zero-order valence-electron chi connectivity index (χ0n) is 9.81. The Labute approximate surface area is 100 Å². The summed E-state index contributed by atoms with van der Waals surface area (Å²) in [6.45, 7) is 2.04. The number of amidine groups is 1. The number of hydrogen-bond donors (Lipinski definition) is 3. The van der Waals surface area contributed by atoms with E-state index in [0.717, 1.165) is 12.8 Å². The van der Waals surface area contributed by atoms with Crippen LogP contribution in [0.4, 0.5) is 5.69 Å². The van der Waals surface area contributed by atoms with E-state index in [1.54, 1.807) is 24.3 Å². The molecule has 0 spiro atoms. The largest absolute Gasteiger partial charge is 0.409 e. The molecule has 92 valence electrons. The zero-order chi connectivity index (χ0) is 12.7. The van der Waals surface area contributed by atoms with Crippen molar-refractivity contribution in [1.29, 1.82) is 0 Å². The van der Waals surface area contributed by atoms with Crippen molar-refractivity contribution in [2.24, 2.45) is 10.9 Å². The van der Waals surface area contributed by atoms with Crippen molar-refractivity contribution in [3.63, 3.8) is 0 Å². The van der Waals surface area contributed by atoms with Crippen LogP contribution in [0.5, 0.6) is 0 Å². The number of amides is 1. The van der Waals surface area contributed by atoms with E-state index < -0.39 is 0 Å². The Morgan fingerprint density at radius 1 is 1.41 bits per heavy atom. The molecule has 0 aliphatic heterocycles. The van der Waals surface area contributed by atoms with Crippen LogP contribution in [0.3, 0.4) is 0 Å². The highest BCUT2D eigenvalue weighted by Gasteiger charge is 2.02. The molecule has 1 amide bonds. The molecule has 1 aromatic rings. The maximum absolute atomic E-state index is 11.4. The Bertz CT molecular complexity index is 399. The third-order valence-electron chi connectivity index (χ3n) is 2.33. The second-order valence-electron chi connectivity index (χ2n) is 3.71. The van der Waals surface area contributed by atoms with Gasteiger partial charge in [0.2, 0.25) is 5.91 Å². The average Bonchev–Trinajstić information content (AvgIpc) is 2.36. The Hall–Kier alpha value is -2.04. The smallest absolute Gasteiger partial charge is 0.224 e. The van der Waals surface area contributed by atoms with Gasteiger partial charge in [-0.15, -0.1) is 0 Å². The molecule has 0 aliphatic rings. The second kappa shape index (κ2) is 6.52. The van der Waals surface area contributed by atoms with Gasteiger partial charge in [0.1, 0.15) is 0 Å². The molecule has 0 saturated heterocycles. The molecule has 1 aromatic carbocycles. The van der Waals surface area contributed by atoms with Crippen LogP contribution in [0, 0.1) is 0 Å². The molecule has 0 heterocycles. The molecule has 5 nitrogen and oxygen atoms in total. The van der Waals surface area contributed by atoms with Gasteiger partial charge in [-0.25, -0.2) is 0 Å². The molecule has 0 fully saturated rings. The SMILES string of the molecule is CCCCC(=O)Nc1ccc(/C(N)=N/O)cc1. The number of rotatable bonds is 5. The third kappa shape index (κ3) is 4.14. The summed E-state index contributed by atoms with van der Waals surface area (Å²) in [6, 6.07) is 6.81. The summed E-state index contributed by atoms with van der Waals surface area (Å²) in [4.78, 5) is 11.4. The number of nitrogens with one attached hydrogen (secondary N) is 1. The number of oxime groups is 1. The summed E-state index contributed by atoms with van der Waals surface area (Å²) >= 11 is 0. The van der Waals surface area contributed by atoms with Crippen molar-refractivity contribution in [3.8, 4) is 0 Å². The molecule has 5 heteroatoms. The Balaban J connectivity index is 2.59. The highest BCUT2D eigenvalue weighted by atomic mass is 16.4.